The molecule has 4 heterocycles. The summed E-state index contributed by atoms with van der Waals surface area (Å²) in [6.45, 7) is 3.68. The van der Waals surface area contributed by atoms with Crippen LogP contribution in [0.2, 0.25) is 0 Å². The number of likely N-dealkylation sites (tertiary alicyclic amines) is 1. The monoisotopic (exact) mass is 545 g/mol. The average Bonchev–Trinajstić information content (AvgIpc) is 3.49. The van der Waals surface area contributed by atoms with E-state index in [1.807, 2.05) is 6.07 Å². The van der Waals surface area contributed by atoms with Crippen molar-refractivity contribution in [3.8, 4) is 10.8 Å². The fraction of sp³-hybridized carbons (Fsp3) is 0.346. The van der Waals surface area contributed by atoms with Gasteiger partial charge in [0.05, 0.1) is 29.1 Å². The molecule has 1 aliphatic heterocycles. The minimum absolute atomic E-state index is 0.0443. The summed E-state index contributed by atoms with van der Waals surface area (Å²) in [6, 6.07) is 8.68. The number of carbonyl (C=O) groups is 1. The Kier molecular flexibility index (Phi) is 7.12. The van der Waals surface area contributed by atoms with E-state index in [1.165, 1.54) is 25.1 Å². The quantitative estimate of drug-likeness (QED) is 0.349. The molecule has 8 nitrogen and oxygen atoms in total. The van der Waals surface area contributed by atoms with Gasteiger partial charge in [-0.3, -0.25) is 19.2 Å². The Labute approximate surface area is 220 Å². The zero-order valence-corrected chi connectivity index (χ0v) is 21.3. The lowest BCUT2D eigenvalue weighted by atomic mass is 10.0. The van der Waals surface area contributed by atoms with Crippen molar-refractivity contribution in [3.63, 3.8) is 0 Å². The van der Waals surface area contributed by atoms with E-state index >= 15 is 0 Å². The van der Waals surface area contributed by atoms with Crippen molar-refractivity contribution < 1.29 is 27.8 Å². The average molecular weight is 546 g/mol. The molecule has 38 heavy (non-hydrogen) atoms. The molecule has 1 amide bonds. The summed E-state index contributed by atoms with van der Waals surface area (Å²) in [5, 5.41) is 10.3. The van der Waals surface area contributed by atoms with Gasteiger partial charge in [0.15, 0.2) is 0 Å². The molecule has 0 saturated carbocycles. The van der Waals surface area contributed by atoms with Gasteiger partial charge in [-0.05, 0) is 31.9 Å². The Hall–Kier alpha value is -3.48. The molecule has 1 aliphatic rings. The SMILES string of the molecule is C[C@@H](Oc1cc(-n2cnc3cnc(CN4CCC(O)CC4)cc32)sc1C(N)=O)c1ccccc1C(F)(F)F. The van der Waals surface area contributed by atoms with Crippen LogP contribution in [0.1, 0.15) is 52.4 Å². The molecule has 5 rings (SSSR count). The van der Waals surface area contributed by atoms with E-state index in [-0.39, 0.29) is 22.3 Å². The highest BCUT2D eigenvalue weighted by Gasteiger charge is 2.35. The number of carbonyl (C=O) groups excluding carboxylic acids is 1. The van der Waals surface area contributed by atoms with E-state index in [0.717, 1.165) is 54.5 Å². The number of nitrogens with two attached hydrogens (primary N) is 1. The first-order valence-corrected chi connectivity index (χ1v) is 12.9. The molecule has 0 bridgehead atoms. The smallest absolute Gasteiger partial charge is 0.416 e. The number of imidazole rings is 1. The van der Waals surface area contributed by atoms with E-state index in [1.54, 1.807) is 23.2 Å². The predicted octanol–water partition coefficient (Wildman–Crippen LogP) is 4.70. The largest absolute Gasteiger partial charge is 0.484 e. The van der Waals surface area contributed by atoms with Crippen molar-refractivity contribution >= 4 is 28.3 Å². The van der Waals surface area contributed by atoms with Gasteiger partial charge in [-0.2, -0.15) is 13.2 Å². The summed E-state index contributed by atoms with van der Waals surface area (Å²) in [6.07, 6.45) is -1.09. The lowest BCUT2D eigenvalue weighted by molar-refractivity contribution is -0.139. The number of amides is 1. The molecule has 1 atom stereocenters. The molecule has 1 saturated heterocycles. The summed E-state index contributed by atoms with van der Waals surface area (Å²) < 4.78 is 48.3. The van der Waals surface area contributed by atoms with E-state index in [4.69, 9.17) is 10.5 Å². The Balaban J connectivity index is 1.44. The molecule has 3 N–H and O–H groups in total. The van der Waals surface area contributed by atoms with Crippen LogP contribution in [-0.2, 0) is 12.7 Å². The van der Waals surface area contributed by atoms with Crippen molar-refractivity contribution in [1.82, 2.24) is 19.4 Å². The van der Waals surface area contributed by atoms with Crippen molar-refractivity contribution in [2.75, 3.05) is 13.1 Å². The first kappa shape index (κ1) is 26.1. The minimum atomic E-state index is -4.55. The van der Waals surface area contributed by atoms with Gasteiger partial charge in [-0.1, -0.05) is 18.2 Å². The highest BCUT2D eigenvalue weighted by Crippen LogP contribution is 2.39. The number of primary amides is 1. The van der Waals surface area contributed by atoms with Crippen LogP contribution in [0, 0.1) is 0 Å². The van der Waals surface area contributed by atoms with Gasteiger partial charge in [0.2, 0.25) is 0 Å². The molecule has 0 radical (unpaired) electrons. The van der Waals surface area contributed by atoms with Crippen LogP contribution in [0.25, 0.3) is 16.0 Å². The van der Waals surface area contributed by atoms with Crippen molar-refractivity contribution in [3.05, 3.63) is 70.6 Å². The second-order valence-corrected chi connectivity index (χ2v) is 10.3. The predicted molar refractivity (Wildman–Crippen MR) is 136 cm³/mol. The maximum atomic E-state index is 13.5. The van der Waals surface area contributed by atoms with Crippen LogP contribution in [0.5, 0.6) is 5.75 Å². The van der Waals surface area contributed by atoms with Gasteiger partial charge in [0, 0.05) is 31.3 Å². The molecular formula is C26H26F3N5O3S. The summed E-state index contributed by atoms with van der Waals surface area (Å²) in [5.74, 6) is -0.642. The number of aliphatic hydroxyl groups is 1. The number of ether oxygens (including phenoxy) is 1. The molecule has 1 aromatic carbocycles. The molecule has 4 aromatic rings. The van der Waals surface area contributed by atoms with Crippen LogP contribution in [-0.4, -0.2) is 49.6 Å². The van der Waals surface area contributed by atoms with Crippen LogP contribution in [0.3, 0.4) is 0 Å². The molecule has 200 valence electrons. The Morgan fingerprint density at radius 1 is 1.24 bits per heavy atom. The highest BCUT2D eigenvalue weighted by atomic mass is 32.1. The van der Waals surface area contributed by atoms with Gasteiger partial charge in [-0.25, -0.2) is 4.98 Å². The number of fused-ring (bicyclic) bond motifs is 1. The molecule has 0 unspecified atom stereocenters. The number of rotatable bonds is 7. The first-order chi connectivity index (χ1) is 18.1. The Morgan fingerprint density at radius 2 is 1.97 bits per heavy atom. The lowest BCUT2D eigenvalue weighted by Crippen LogP contribution is -2.35. The van der Waals surface area contributed by atoms with Crippen molar-refractivity contribution in [2.45, 2.75) is 44.7 Å². The van der Waals surface area contributed by atoms with Crippen LogP contribution in [0.15, 0.2) is 48.9 Å². The number of thiophene rings is 1. The van der Waals surface area contributed by atoms with Crippen molar-refractivity contribution in [1.29, 1.82) is 0 Å². The van der Waals surface area contributed by atoms with Crippen LogP contribution < -0.4 is 10.5 Å². The van der Waals surface area contributed by atoms with E-state index in [9.17, 15) is 23.1 Å². The number of hydrogen-bond acceptors (Lipinski definition) is 7. The van der Waals surface area contributed by atoms with Gasteiger partial charge in [-0.15, -0.1) is 11.3 Å². The second-order valence-electron chi connectivity index (χ2n) is 9.27. The number of piperidine rings is 1. The third kappa shape index (κ3) is 5.38. The summed E-state index contributed by atoms with van der Waals surface area (Å²) in [5.41, 5.74) is 6.99. The Morgan fingerprint density at radius 3 is 2.68 bits per heavy atom. The maximum absolute atomic E-state index is 13.5. The second kappa shape index (κ2) is 10.4. The molecular weight excluding hydrogens is 519 g/mol. The topological polar surface area (TPSA) is 106 Å². The van der Waals surface area contributed by atoms with Crippen LogP contribution >= 0.6 is 11.3 Å². The molecule has 12 heteroatoms. The number of pyridine rings is 1. The number of aliphatic hydroxyl groups excluding tert-OH is 1. The standard InChI is InChI=1S/C26H26F3N5O3S/c1-15(18-4-2-3-5-19(18)26(27,28)29)37-22-11-23(38-24(22)25(30)36)34-14-32-20-12-31-16(10-21(20)34)13-33-8-6-17(35)7-9-33/h2-5,10-12,14-15,17,35H,6-9,13H2,1H3,(H2,30,36)/t15-/m1/s1. The summed E-state index contributed by atoms with van der Waals surface area (Å²) >= 11 is 1.07. The molecule has 0 aliphatic carbocycles. The zero-order chi connectivity index (χ0) is 27.0. The number of hydrogen-bond donors (Lipinski definition) is 2. The van der Waals surface area contributed by atoms with Gasteiger partial charge in [0.25, 0.3) is 5.91 Å². The van der Waals surface area contributed by atoms with Crippen molar-refractivity contribution in [2.24, 2.45) is 5.73 Å². The number of alkyl halides is 3. The van der Waals surface area contributed by atoms with Gasteiger partial charge < -0.3 is 15.6 Å². The summed E-state index contributed by atoms with van der Waals surface area (Å²) in [4.78, 5) is 23.5. The van der Waals surface area contributed by atoms with E-state index in [0.29, 0.717) is 17.1 Å². The first-order valence-electron chi connectivity index (χ1n) is 12.1. The third-order valence-corrected chi connectivity index (χ3v) is 7.72. The highest BCUT2D eigenvalue weighted by molar-refractivity contribution is 7.16. The minimum Gasteiger partial charge on any atom is -0.484 e. The summed E-state index contributed by atoms with van der Waals surface area (Å²) in [7, 11) is 0. The normalized spacial score (nSPS) is 16.1. The van der Waals surface area contributed by atoms with E-state index < -0.39 is 23.8 Å². The van der Waals surface area contributed by atoms with Gasteiger partial charge >= 0.3 is 6.18 Å². The molecule has 1 fully saturated rings. The van der Waals surface area contributed by atoms with E-state index in [2.05, 4.69) is 14.9 Å². The Bertz CT molecular complexity index is 1460. The number of nitrogens with zero attached hydrogens (tertiary/aromatic N) is 4. The lowest BCUT2D eigenvalue weighted by Gasteiger charge is -2.29. The maximum Gasteiger partial charge on any atom is 0.416 e. The molecule has 3 aromatic heterocycles. The fourth-order valence-electron chi connectivity index (χ4n) is 4.63. The number of aromatic nitrogens is 3. The van der Waals surface area contributed by atoms with Gasteiger partial charge in [0.1, 0.15) is 33.6 Å². The zero-order valence-electron chi connectivity index (χ0n) is 20.5. The number of halogens is 3. The fourth-order valence-corrected chi connectivity index (χ4v) is 5.55. The van der Waals surface area contributed by atoms with Crippen LogP contribution in [0.4, 0.5) is 13.2 Å². The number of benzene rings is 1. The molecule has 0 spiro atoms. The third-order valence-electron chi connectivity index (χ3n) is 6.59.